The van der Waals surface area contributed by atoms with Crippen LogP contribution in [0.4, 0.5) is 0 Å². The van der Waals surface area contributed by atoms with Gasteiger partial charge in [-0.2, -0.15) is 0 Å². The summed E-state index contributed by atoms with van der Waals surface area (Å²) in [5.41, 5.74) is -2.93. The fraction of sp³-hybridized carbons (Fsp3) is 0.926. The molecule has 6 nitrogen and oxygen atoms in total. The van der Waals surface area contributed by atoms with Crippen LogP contribution in [0.25, 0.3) is 0 Å². The SMILES string of the molecule is CC(C)[C@@H](NC(=O)C1(C(=O)N[C@H](C(C)C)C2(O)CCCCC2)CCCC1)C1(O)CCCCC1. The largest absolute Gasteiger partial charge is 0.388 e. The average molecular weight is 465 g/mol. The molecule has 0 heterocycles. The van der Waals surface area contributed by atoms with Crippen molar-refractivity contribution in [1.29, 1.82) is 0 Å². The molecule has 4 N–H and O–H groups in total. The smallest absolute Gasteiger partial charge is 0.236 e. The molecule has 0 aliphatic heterocycles. The number of hydrogen-bond donors (Lipinski definition) is 4. The molecule has 0 bridgehead atoms. The summed E-state index contributed by atoms with van der Waals surface area (Å²) in [5, 5.41) is 29.1. The molecule has 6 heteroatoms. The number of carbonyl (C=O) groups excluding carboxylic acids is 2. The third-order valence-electron chi connectivity index (χ3n) is 8.83. The van der Waals surface area contributed by atoms with Gasteiger partial charge in [-0.3, -0.25) is 9.59 Å². The Morgan fingerprint density at radius 3 is 1.18 bits per heavy atom. The first-order valence-electron chi connectivity index (χ1n) is 13.6. The lowest BCUT2D eigenvalue weighted by molar-refractivity contribution is -0.149. The Kier molecular flexibility index (Phi) is 8.53. The third-order valence-corrected chi connectivity index (χ3v) is 8.83. The van der Waals surface area contributed by atoms with Gasteiger partial charge in [0.15, 0.2) is 0 Å². The van der Waals surface area contributed by atoms with Crippen LogP contribution < -0.4 is 10.6 Å². The van der Waals surface area contributed by atoms with Gasteiger partial charge in [-0.25, -0.2) is 0 Å². The van der Waals surface area contributed by atoms with Gasteiger partial charge in [0, 0.05) is 0 Å². The zero-order chi connectivity index (χ0) is 24.3. The molecule has 33 heavy (non-hydrogen) atoms. The molecule has 3 aliphatic carbocycles. The minimum absolute atomic E-state index is 0.0740. The Morgan fingerprint density at radius 1 is 0.576 bits per heavy atom. The van der Waals surface area contributed by atoms with Gasteiger partial charge in [0.25, 0.3) is 0 Å². The molecule has 0 unspecified atom stereocenters. The van der Waals surface area contributed by atoms with Gasteiger partial charge in [-0.15, -0.1) is 0 Å². The van der Waals surface area contributed by atoms with E-state index in [1.165, 1.54) is 0 Å². The van der Waals surface area contributed by atoms with E-state index in [-0.39, 0.29) is 35.7 Å². The highest BCUT2D eigenvalue weighted by molar-refractivity contribution is 6.05. The van der Waals surface area contributed by atoms with Gasteiger partial charge < -0.3 is 20.8 Å². The van der Waals surface area contributed by atoms with Gasteiger partial charge in [-0.1, -0.05) is 79.1 Å². The van der Waals surface area contributed by atoms with E-state index in [1.807, 2.05) is 27.7 Å². The number of nitrogens with one attached hydrogen (secondary N) is 2. The van der Waals surface area contributed by atoms with E-state index < -0.39 is 16.6 Å². The number of hydrogen-bond acceptors (Lipinski definition) is 4. The molecule has 0 saturated heterocycles. The van der Waals surface area contributed by atoms with Crippen LogP contribution in [0.15, 0.2) is 0 Å². The highest BCUT2D eigenvalue weighted by Crippen LogP contribution is 2.42. The molecule has 0 aromatic carbocycles. The Labute approximate surface area is 200 Å². The van der Waals surface area contributed by atoms with E-state index in [1.54, 1.807) is 0 Å². The van der Waals surface area contributed by atoms with Crippen molar-refractivity contribution in [2.24, 2.45) is 17.3 Å². The van der Waals surface area contributed by atoms with Crippen LogP contribution in [0, 0.1) is 17.3 Å². The van der Waals surface area contributed by atoms with Gasteiger partial charge in [0.05, 0.1) is 23.3 Å². The average Bonchev–Trinajstić information content (AvgIpc) is 3.27. The van der Waals surface area contributed by atoms with Crippen molar-refractivity contribution in [2.45, 2.75) is 141 Å². The van der Waals surface area contributed by atoms with Crippen LogP contribution in [0.5, 0.6) is 0 Å². The fourth-order valence-corrected chi connectivity index (χ4v) is 6.89. The van der Waals surface area contributed by atoms with E-state index in [2.05, 4.69) is 10.6 Å². The van der Waals surface area contributed by atoms with Gasteiger partial charge in [-0.05, 0) is 50.4 Å². The van der Waals surface area contributed by atoms with Crippen molar-refractivity contribution in [2.75, 3.05) is 0 Å². The van der Waals surface area contributed by atoms with E-state index in [4.69, 9.17) is 0 Å². The zero-order valence-corrected chi connectivity index (χ0v) is 21.4. The summed E-state index contributed by atoms with van der Waals surface area (Å²) in [4.78, 5) is 27.5. The first-order chi connectivity index (χ1) is 15.5. The number of carbonyl (C=O) groups is 2. The van der Waals surface area contributed by atoms with E-state index in [0.717, 1.165) is 51.4 Å². The maximum Gasteiger partial charge on any atom is 0.236 e. The molecule has 190 valence electrons. The van der Waals surface area contributed by atoms with Crippen LogP contribution >= 0.6 is 0 Å². The van der Waals surface area contributed by atoms with Crippen molar-refractivity contribution in [3.8, 4) is 0 Å². The van der Waals surface area contributed by atoms with Gasteiger partial charge >= 0.3 is 0 Å². The molecule has 3 saturated carbocycles. The fourth-order valence-electron chi connectivity index (χ4n) is 6.89. The molecule has 3 aliphatic rings. The minimum atomic E-state index is -1.11. The highest BCUT2D eigenvalue weighted by Gasteiger charge is 2.52. The first-order valence-corrected chi connectivity index (χ1v) is 13.6. The third kappa shape index (κ3) is 5.58. The summed E-state index contributed by atoms with van der Waals surface area (Å²) in [6, 6.07) is -0.724. The van der Waals surface area contributed by atoms with Crippen molar-refractivity contribution in [1.82, 2.24) is 10.6 Å². The molecule has 0 aromatic heterocycles. The zero-order valence-electron chi connectivity index (χ0n) is 21.4. The van der Waals surface area contributed by atoms with Crippen LogP contribution in [0.1, 0.15) is 118 Å². The second-order valence-corrected chi connectivity index (χ2v) is 12.0. The number of aliphatic hydroxyl groups is 2. The molecule has 3 rings (SSSR count). The first kappa shape index (κ1) is 26.5. The monoisotopic (exact) mass is 464 g/mol. The topological polar surface area (TPSA) is 98.7 Å². The second-order valence-electron chi connectivity index (χ2n) is 12.0. The van der Waals surface area contributed by atoms with Crippen molar-refractivity contribution in [3.05, 3.63) is 0 Å². The molecule has 0 aromatic rings. The summed E-state index contributed by atoms with van der Waals surface area (Å²) in [6.07, 6.45) is 11.6. The van der Waals surface area contributed by atoms with Crippen LogP contribution in [0.3, 0.4) is 0 Å². The predicted octanol–water partition coefficient (Wildman–Crippen LogP) is 4.22. The lowest BCUT2D eigenvalue weighted by Gasteiger charge is -2.44. The maximum atomic E-state index is 13.8. The van der Waals surface area contributed by atoms with Crippen molar-refractivity contribution in [3.63, 3.8) is 0 Å². The summed E-state index contributed by atoms with van der Waals surface area (Å²) in [5.74, 6) is -0.337. The van der Waals surface area contributed by atoms with E-state index in [0.29, 0.717) is 38.5 Å². The summed E-state index contributed by atoms with van der Waals surface area (Å²) in [6.45, 7) is 8.14. The number of rotatable bonds is 8. The van der Waals surface area contributed by atoms with Gasteiger partial charge in [0.1, 0.15) is 5.41 Å². The molecular weight excluding hydrogens is 416 g/mol. The molecule has 3 fully saturated rings. The quantitative estimate of drug-likeness (QED) is 0.404. The van der Waals surface area contributed by atoms with Crippen LogP contribution in [-0.2, 0) is 9.59 Å². The standard InChI is InChI=1S/C27H48N2O4/c1-19(2)21(26(32)15-7-5-8-16-26)28-23(30)25(13-11-12-14-25)24(31)29-22(20(3)4)27(33)17-9-6-10-18-27/h19-22,32-33H,5-18H2,1-4H3,(H,28,30)(H,29,31)/t21-,22-/m1/s1. The van der Waals surface area contributed by atoms with Crippen molar-refractivity contribution < 1.29 is 19.8 Å². The summed E-state index contributed by atoms with van der Waals surface area (Å²) >= 11 is 0. The Bertz CT molecular complexity index is 620. The summed E-state index contributed by atoms with van der Waals surface area (Å²) in [7, 11) is 0. The molecule has 0 radical (unpaired) electrons. The number of amides is 2. The van der Waals surface area contributed by atoms with Crippen LogP contribution in [0.2, 0.25) is 0 Å². The molecule has 2 amide bonds. The molecule has 0 spiro atoms. The Morgan fingerprint density at radius 2 is 0.879 bits per heavy atom. The maximum absolute atomic E-state index is 13.8. The minimum Gasteiger partial charge on any atom is -0.388 e. The van der Waals surface area contributed by atoms with Gasteiger partial charge in [0.2, 0.25) is 11.8 Å². The lowest BCUT2D eigenvalue weighted by atomic mass is 9.73. The predicted molar refractivity (Wildman–Crippen MR) is 131 cm³/mol. The molecule has 2 atom stereocenters. The normalized spacial score (nSPS) is 26.1. The second kappa shape index (κ2) is 10.6. The van der Waals surface area contributed by atoms with Crippen molar-refractivity contribution >= 4 is 11.8 Å². The highest BCUT2D eigenvalue weighted by atomic mass is 16.3. The Balaban J connectivity index is 1.80. The summed E-state index contributed by atoms with van der Waals surface area (Å²) < 4.78 is 0. The lowest BCUT2D eigenvalue weighted by Crippen LogP contribution is -2.63. The molecular formula is C27H48N2O4. The van der Waals surface area contributed by atoms with E-state index >= 15 is 0 Å². The Hall–Kier alpha value is -1.14. The van der Waals surface area contributed by atoms with E-state index in [9.17, 15) is 19.8 Å². The van der Waals surface area contributed by atoms with Crippen LogP contribution in [-0.4, -0.2) is 45.3 Å².